The van der Waals surface area contributed by atoms with Crippen LogP contribution in [0.4, 0.5) is 0 Å². The molecule has 0 saturated carbocycles. The molecule has 1 heteroatoms. The number of thioether (sulfide) groups is 1. The molecule has 0 aromatic rings. The Hall–Kier alpha value is 0.0900. The molecule has 0 aromatic carbocycles. The topological polar surface area (TPSA) is 0 Å². The van der Waals surface area contributed by atoms with Crippen molar-refractivity contribution in [1.82, 2.24) is 0 Å². The Morgan fingerprint density at radius 3 is 3.00 bits per heavy atom. The van der Waals surface area contributed by atoms with Crippen LogP contribution in [0.2, 0.25) is 0 Å². The van der Waals surface area contributed by atoms with Gasteiger partial charge in [0.2, 0.25) is 0 Å². The molecule has 58 valence electrons. The predicted octanol–water partition coefficient (Wildman–Crippen LogP) is 3.59. The van der Waals surface area contributed by atoms with Gasteiger partial charge >= 0.3 is 0 Å². The summed E-state index contributed by atoms with van der Waals surface area (Å²) in [5.41, 5.74) is 0. The van der Waals surface area contributed by atoms with E-state index in [2.05, 4.69) is 31.7 Å². The van der Waals surface area contributed by atoms with E-state index >= 15 is 0 Å². The van der Waals surface area contributed by atoms with Crippen molar-refractivity contribution < 1.29 is 0 Å². The maximum absolute atomic E-state index is 2.40. The van der Waals surface area contributed by atoms with E-state index in [1.165, 1.54) is 25.7 Å². The minimum atomic E-state index is 0.823. The van der Waals surface area contributed by atoms with Crippen molar-refractivity contribution in [1.29, 1.82) is 0 Å². The summed E-state index contributed by atoms with van der Waals surface area (Å²) in [4.78, 5) is 1.63. The van der Waals surface area contributed by atoms with E-state index in [-0.39, 0.29) is 0 Å². The normalized spacial score (nSPS) is 20.8. The SMILES string of the molecule is CCC(C)SC1=CCCC1. The highest BCUT2D eigenvalue weighted by molar-refractivity contribution is 8.03. The van der Waals surface area contributed by atoms with Crippen LogP contribution in [0.15, 0.2) is 11.0 Å². The van der Waals surface area contributed by atoms with Gasteiger partial charge in [-0.3, -0.25) is 0 Å². The highest BCUT2D eigenvalue weighted by Crippen LogP contribution is 2.32. The Kier molecular flexibility index (Phi) is 3.33. The molecule has 1 aliphatic carbocycles. The Morgan fingerprint density at radius 1 is 1.70 bits per heavy atom. The summed E-state index contributed by atoms with van der Waals surface area (Å²) in [7, 11) is 0. The molecule has 0 bridgehead atoms. The molecular formula is C9H16S. The fraction of sp³-hybridized carbons (Fsp3) is 0.778. The summed E-state index contributed by atoms with van der Waals surface area (Å²) in [6.45, 7) is 4.57. The van der Waals surface area contributed by atoms with Crippen LogP contribution < -0.4 is 0 Å². The lowest BCUT2D eigenvalue weighted by atomic mass is 10.4. The zero-order chi connectivity index (χ0) is 7.40. The Morgan fingerprint density at radius 2 is 2.50 bits per heavy atom. The van der Waals surface area contributed by atoms with Gasteiger partial charge < -0.3 is 0 Å². The smallest absolute Gasteiger partial charge is 0.00601 e. The average Bonchev–Trinajstić information content (AvgIpc) is 2.40. The first-order chi connectivity index (χ1) is 4.83. The van der Waals surface area contributed by atoms with Gasteiger partial charge in [-0.2, -0.15) is 0 Å². The molecule has 0 fully saturated rings. The number of hydrogen-bond donors (Lipinski definition) is 0. The molecule has 0 N–H and O–H groups in total. The molecule has 0 spiro atoms. The average molecular weight is 156 g/mol. The fourth-order valence-corrected chi connectivity index (χ4v) is 2.25. The van der Waals surface area contributed by atoms with Crippen LogP contribution >= 0.6 is 11.8 Å². The van der Waals surface area contributed by atoms with Gasteiger partial charge in [0.25, 0.3) is 0 Å². The van der Waals surface area contributed by atoms with Crippen LogP contribution in [0.1, 0.15) is 39.5 Å². The third-order valence-electron chi connectivity index (χ3n) is 1.93. The van der Waals surface area contributed by atoms with Gasteiger partial charge in [0, 0.05) is 5.25 Å². The van der Waals surface area contributed by atoms with Crippen molar-refractivity contribution in [2.75, 3.05) is 0 Å². The molecule has 1 atom stereocenters. The highest BCUT2D eigenvalue weighted by atomic mass is 32.2. The lowest BCUT2D eigenvalue weighted by molar-refractivity contribution is 0.900. The molecule has 0 aromatic heterocycles. The molecule has 0 heterocycles. The van der Waals surface area contributed by atoms with E-state index in [9.17, 15) is 0 Å². The maximum atomic E-state index is 2.40. The molecule has 10 heavy (non-hydrogen) atoms. The van der Waals surface area contributed by atoms with E-state index in [4.69, 9.17) is 0 Å². The van der Waals surface area contributed by atoms with Gasteiger partial charge in [-0.15, -0.1) is 11.8 Å². The molecule has 0 aliphatic heterocycles. The van der Waals surface area contributed by atoms with Gasteiger partial charge in [-0.1, -0.05) is 19.9 Å². The van der Waals surface area contributed by atoms with Gasteiger partial charge in [0.1, 0.15) is 0 Å². The van der Waals surface area contributed by atoms with Crippen molar-refractivity contribution in [3.8, 4) is 0 Å². The first kappa shape index (κ1) is 8.19. The molecule has 0 amide bonds. The summed E-state index contributed by atoms with van der Waals surface area (Å²) < 4.78 is 0. The van der Waals surface area contributed by atoms with Crippen LogP contribution in [0.3, 0.4) is 0 Å². The minimum absolute atomic E-state index is 0.823. The standard InChI is InChI=1S/C9H16S/c1-3-8(2)10-9-6-4-5-7-9/h6,8H,3-5,7H2,1-2H3. The summed E-state index contributed by atoms with van der Waals surface area (Å²) in [6, 6.07) is 0. The van der Waals surface area contributed by atoms with Gasteiger partial charge in [-0.05, 0) is 30.6 Å². The minimum Gasteiger partial charge on any atom is -0.128 e. The van der Waals surface area contributed by atoms with E-state index in [0.29, 0.717) is 0 Å². The van der Waals surface area contributed by atoms with Crippen LogP contribution in [-0.2, 0) is 0 Å². The highest BCUT2D eigenvalue weighted by Gasteiger charge is 2.07. The predicted molar refractivity (Wildman–Crippen MR) is 49.3 cm³/mol. The maximum Gasteiger partial charge on any atom is 0.00601 e. The Bertz CT molecular complexity index is 127. The summed E-state index contributed by atoms with van der Waals surface area (Å²) >= 11 is 2.07. The van der Waals surface area contributed by atoms with Crippen LogP contribution in [0.5, 0.6) is 0 Å². The van der Waals surface area contributed by atoms with Crippen LogP contribution in [0, 0.1) is 0 Å². The second-order valence-electron chi connectivity index (χ2n) is 2.90. The van der Waals surface area contributed by atoms with Crippen molar-refractivity contribution in [3.05, 3.63) is 11.0 Å². The first-order valence-electron chi connectivity index (χ1n) is 4.18. The molecule has 1 unspecified atom stereocenters. The van der Waals surface area contributed by atoms with Gasteiger partial charge in [-0.25, -0.2) is 0 Å². The van der Waals surface area contributed by atoms with E-state index in [1.54, 1.807) is 4.91 Å². The molecule has 0 saturated heterocycles. The molecule has 0 radical (unpaired) electrons. The third-order valence-corrected chi connectivity index (χ3v) is 3.34. The number of allylic oxidation sites excluding steroid dienone is 2. The zero-order valence-corrected chi connectivity index (χ0v) is 7.71. The van der Waals surface area contributed by atoms with Crippen molar-refractivity contribution in [2.24, 2.45) is 0 Å². The van der Waals surface area contributed by atoms with Gasteiger partial charge in [0.05, 0.1) is 0 Å². The molecule has 1 aliphatic rings. The first-order valence-corrected chi connectivity index (χ1v) is 5.06. The molecule has 1 rings (SSSR count). The summed E-state index contributed by atoms with van der Waals surface area (Å²) in [5.74, 6) is 0. The van der Waals surface area contributed by atoms with Crippen molar-refractivity contribution in [3.63, 3.8) is 0 Å². The summed E-state index contributed by atoms with van der Waals surface area (Å²) in [6.07, 6.45) is 7.74. The van der Waals surface area contributed by atoms with Gasteiger partial charge in [0.15, 0.2) is 0 Å². The number of rotatable bonds is 3. The van der Waals surface area contributed by atoms with E-state index in [1.807, 2.05) is 0 Å². The molecule has 0 nitrogen and oxygen atoms in total. The molecular weight excluding hydrogens is 140 g/mol. The third kappa shape index (κ3) is 2.37. The lowest BCUT2D eigenvalue weighted by Gasteiger charge is -2.07. The Labute approximate surface area is 68.1 Å². The Balaban J connectivity index is 2.23. The second kappa shape index (κ2) is 4.07. The lowest BCUT2D eigenvalue weighted by Crippen LogP contribution is -1.91. The summed E-state index contributed by atoms with van der Waals surface area (Å²) in [5, 5.41) is 0.823. The van der Waals surface area contributed by atoms with Crippen molar-refractivity contribution >= 4 is 11.8 Å². The largest absolute Gasteiger partial charge is 0.128 e. The quantitative estimate of drug-likeness (QED) is 0.602. The zero-order valence-electron chi connectivity index (χ0n) is 6.89. The van der Waals surface area contributed by atoms with E-state index in [0.717, 1.165) is 5.25 Å². The van der Waals surface area contributed by atoms with Crippen molar-refractivity contribution in [2.45, 2.75) is 44.8 Å². The second-order valence-corrected chi connectivity index (χ2v) is 4.46. The van der Waals surface area contributed by atoms with Crippen LogP contribution in [-0.4, -0.2) is 5.25 Å². The number of hydrogen-bond acceptors (Lipinski definition) is 1. The monoisotopic (exact) mass is 156 g/mol. The van der Waals surface area contributed by atoms with Crippen LogP contribution in [0.25, 0.3) is 0 Å². The fourth-order valence-electron chi connectivity index (χ4n) is 1.09. The van der Waals surface area contributed by atoms with E-state index < -0.39 is 0 Å².